The van der Waals surface area contributed by atoms with Crippen molar-refractivity contribution in [3.63, 3.8) is 0 Å². The van der Waals surface area contributed by atoms with Crippen LogP contribution in [0.4, 0.5) is 11.8 Å². The summed E-state index contributed by atoms with van der Waals surface area (Å²) in [5.41, 5.74) is 2.34. The summed E-state index contributed by atoms with van der Waals surface area (Å²) in [4.78, 5) is 17.1. The maximum Gasteiger partial charge on any atom is 0.227 e. The molecule has 0 amide bonds. The minimum absolute atomic E-state index is 0.224. The number of nitrogens with one attached hydrogen (secondary N) is 1. The molecule has 0 radical (unpaired) electrons. The Balaban J connectivity index is 1.28. The second-order valence-electron chi connectivity index (χ2n) is 8.19. The molecular weight excluding hydrogens is 346 g/mol. The molecule has 4 heterocycles. The minimum atomic E-state index is -0.963. The quantitative estimate of drug-likeness (QED) is 0.892. The number of aromatic nitrogens is 3. The van der Waals surface area contributed by atoms with Crippen LogP contribution < -0.4 is 10.2 Å². The molecule has 1 unspecified atom stereocenters. The Kier molecular flexibility index (Phi) is 3.05. The van der Waals surface area contributed by atoms with Crippen molar-refractivity contribution in [1.29, 1.82) is 0 Å². The fourth-order valence-electron chi connectivity index (χ4n) is 4.74. The molecule has 5 aliphatic rings. The lowest BCUT2D eigenvalue weighted by Crippen LogP contribution is -2.63. The lowest BCUT2D eigenvalue weighted by atomic mass is 9.50. The van der Waals surface area contributed by atoms with Crippen LogP contribution >= 0.6 is 0 Å². The number of nitrogens with zero attached hydrogens (tertiary/aromatic N) is 4. The fourth-order valence-corrected chi connectivity index (χ4v) is 6.04. The van der Waals surface area contributed by atoms with Gasteiger partial charge in [-0.05, 0) is 37.3 Å². The molecule has 1 saturated heterocycles. The molecule has 0 spiro atoms. The van der Waals surface area contributed by atoms with Gasteiger partial charge in [0.1, 0.15) is 10.7 Å². The standard InChI is InChI=1S/C19H21N5OS/c25-26-6-4-15-16(26)17(23-19-7-12(8-19)9-19)22-18(21-15)24-10-13(11-24)14-3-1-2-5-20-14/h1-3,5,12-13H,4,6-11H2,(H,21,22,23). The zero-order valence-electron chi connectivity index (χ0n) is 14.5. The average Bonchev–Trinajstić information content (AvgIpc) is 2.91. The Labute approximate surface area is 154 Å². The number of rotatable bonds is 4. The zero-order chi connectivity index (χ0) is 17.3. The first kappa shape index (κ1) is 15.1. The van der Waals surface area contributed by atoms with Gasteiger partial charge in [-0.15, -0.1) is 0 Å². The van der Waals surface area contributed by atoms with Crippen molar-refractivity contribution >= 4 is 22.6 Å². The predicted octanol–water partition coefficient (Wildman–Crippen LogP) is 2.10. The Morgan fingerprint density at radius 2 is 2.04 bits per heavy atom. The molecular formula is C19H21N5OS. The second kappa shape index (κ2) is 5.25. The first-order valence-electron chi connectivity index (χ1n) is 9.42. The summed E-state index contributed by atoms with van der Waals surface area (Å²) < 4.78 is 12.5. The molecule has 0 aromatic carbocycles. The van der Waals surface area contributed by atoms with Gasteiger partial charge in [-0.2, -0.15) is 4.98 Å². The summed E-state index contributed by atoms with van der Waals surface area (Å²) in [6.45, 7) is 1.79. The largest absolute Gasteiger partial charge is 0.363 e. The van der Waals surface area contributed by atoms with Crippen LogP contribution in [0.1, 0.15) is 36.6 Å². The van der Waals surface area contributed by atoms with Gasteiger partial charge in [0.25, 0.3) is 0 Å². The van der Waals surface area contributed by atoms with Gasteiger partial charge in [-0.3, -0.25) is 9.19 Å². The molecule has 2 aromatic heterocycles. The molecule has 3 saturated carbocycles. The van der Waals surface area contributed by atoms with Gasteiger partial charge in [-0.1, -0.05) is 6.07 Å². The van der Waals surface area contributed by atoms with E-state index in [4.69, 9.17) is 9.97 Å². The van der Waals surface area contributed by atoms with Gasteiger partial charge in [-0.25, -0.2) is 4.98 Å². The highest BCUT2D eigenvalue weighted by molar-refractivity contribution is 7.85. The third-order valence-electron chi connectivity index (χ3n) is 6.37. The number of anilines is 2. The van der Waals surface area contributed by atoms with Crippen LogP contribution in [0.25, 0.3) is 0 Å². The molecule has 2 aliphatic heterocycles. The second-order valence-corrected chi connectivity index (χ2v) is 9.70. The van der Waals surface area contributed by atoms with Crippen molar-refractivity contribution < 1.29 is 4.21 Å². The number of fused-ring (bicyclic) bond motifs is 1. The SMILES string of the molecule is O=S1CCc2nc(N3CC(c4ccccn4)C3)nc(NC34CC(C3)C4)c21. The van der Waals surface area contributed by atoms with E-state index in [0.29, 0.717) is 11.7 Å². The van der Waals surface area contributed by atoms with Crippen LogP contribution in [-0.2, 0) is 17.2 Å². The highest BCUT2D eigenvalue weighted by Crippen LogP contribution is 2.58. The van der Waals surface area contributed by atoms with Crippen molar-refractivity contribution in [3.05, 3.63) is 35.8 Å². The topological polar surface area (TPSA) is 71.0 Å². The Morgan fingerprint density at radius 1 is 1.19 bits per heavy atom. The maximum absolute atomic E-state index is 12.5. The van der Waals surface area contributed by atoms with Gasteiger partial charge in [0.05, 0.1) is 16.5 Å². The molecule has 6 nitrogen and oxygen atoms in total. The van der Waals surface area contributed by atoms with E-state index in [1.165, 1.54) is 19.3 Å². The van der Waals surface area contributed by atoms with Crippen LogP contribution in [0.3, 0.4) is 0 Å². The van der Waals surface area contributed by atoms with E-state index in [0.717, 1.165) is 53.5 Å². The minimum Gasteiger partial charge on any atom is -0.363 e. The predicted molar refractivity (Wildman–Crippen MR) is 99.9 cm³/mol. The molecule has 134 valence electrons. The molecule has 1 atom stereocenters. The molecule has 7 heteroatoms. The monoisotopic (exact) mass is 367 g/mol. The molecule has 3 aliphatic carbocycles. The molecule has 7 rings (SSSR count). The van der Waals surface area contributed by atoms with Crippen molar-refractivity contribution in [2.75, 3.05) is 29.1 Å². The third-order valence-corrected chi connectivity index (χ3v) is 7.83. The lowest BCUT2D eigenvalue weighted by molar-refractivity contribution is 0.00158. The van der Waals surface area contributed by atoms with Crippen LogP contribution in [0.15, 0.2) is 29.3 Å². The van der Waals surface area contributed by atoms with Crippen LogP contribution in [0, 0.1) is 5.92 Å². The highest BCUT2D eigenvalue weighted by atomic mass is 32.2. The van der Waals surface area contributed by atoms with Gasteiger partial charge in [0.2, 0.25) is 5.95 Å². The van der Waals surface area contributed by atoms with E-state index in [1.807, 2.05) is 18.3 Å². The summed E-state index contributed by atoms with van der Waals surface area (Å²) in [6, 6.07) is 6.08. The van der Waals surface area contributed by atoms with Crippen LogP contribution in [-0.4, -0.2) is 43.5 Å². The number of pyridine rings is 1. The first-order chi connectivity index (χ1) is 12.7. The van der Waals surface area contributed by atoms with E-state index in [-0.39, 0.29) is 5.54 Å². The third kappa shape index (κ3) is 2.16. The Bertz CT molecular complexity index is 895. The normalized spacial score (nSPS) is 31.6. The number of hydrogen-bond acceptors (Lipinski definition) is 6. The van der Waals surface area contributed by atoms with Gasteiger partial charge in [0, 0.05) is 48.6 Å². The van der Waals surface area contributed by atoms with Crippen molar-refractivity contribution in [2.24, 2.45) is 5.92 Å². The van der Waals surface area contributed by atoms with Crippen LogP contribution in [0.2, 0.25) is 0 Å². The van der Waals surface area contributed by atoms with Gasteiger partial charge < -0.3 is 10.2 Å². The summed E-state index contributed by atoms with van der Waals surface area (Å²) >= 11 is 0. The van der Waals surface area contributed by atoms with E-state index in [2.05, 4.69) is 21.3 Å². The van der Waals surface area contributed by atoms with E-state index < -0.39 is 10.8 Å². The lowest BCUT2D eigenvalue weighted by Gasteiger charge is -2.62. The maximum atomic E-state index is 12.5. The molecule has 2 aromatic rings. The Morgan fingerprint density at radius 3 is 2.73 bits per heavy atom. The van der Waals surface area contributed by atoms with E-state index in [9.17, 15) is 4.21 Å². The molecule has 2 bridgehead atoms. The molecule has 4 fully saturated rings. The first-order valence-corrected chi connectivity index (χ1v) is 10.7. The fraction of sp³-hybridized carbons (Fsp3) is 0.526. The van der Waals surface area contributed by atoms with E-state index >= 15 is 0 Å². The summed E-state index contributed by atoms with van der Waals surface area (Å²) in [7, 11) is -0.963. The zero-order valence-corrected chi connectivity index (χ0v) is 15.3. The molecule has 1 N–H and O–H groups in total. The summed E-state index contributed by atoms with van der Waals surface area (Å²) in [6.07, 6.45) is 6.35. The number of aryl methyl sites for hydroxylation is 1. The highest BCUT2D eigenvalue weighted by Gasteiger charge is 2.57. The average molecular weight is 367 g/mol. The van der Waals surface area contributed by atoms with Crippen molar-refractivity contribution in [1.82, 2.24) is 15.0 Å². The smallest absolute Gasteiger partial charge is 0.227 e. The summed E-state index contributed by atoms with van der Waals surface area (Å²) in [5.74, 6) is 3.63. The van der Waals surface area contributed by atoms with E-state index in [1.54, 1.807) is 0 Å². The van der Waals surface area contributed by atoms with Crippen molar-refractivity contribution in [3.8, 4) is 0 Å². The Hall–Kier alpha value is -2.02. The number of hydrogen-bond donors (Lipinski definition) is 1. The van der Waals surface area contributed by atoms with Crippen molar-refractivity contribution in [2.45, 2.75) is 42.0 Å². The van der Waals surface area contributed by atoms with Crippen LogP contribution in [0.5, 0.6) is 0 Å². The summed E-state index contributed by atoms with van der Waals surface area (Å²) in [5, 5.41) is 3.65. The van der Waals surface area contributed by atoms with Gasteiger partial charge in [0.15, 0.2) is 0 Å². The molecule has 26 heavy (non-hydrogen) atoms. The van der Waals surface area contributed by atoms with Gasteiger partial charge >= 0.3 is 0 Å².